The fourth-order valence-electron chi connectivity index (χ4n) is 3.36. The Labute approximate surface area is 154 Å². The number of nitrogens with zero attached hydrogens (tertiary/aromatic N) is 3. The van der Waals surface area contributed by atoms with Gasteiger partial charge in [0.15, 0.2) is 5.96 Å². The lowest BCUT2D eigenvalue weighted by molar-refractivity contribution is 0.0536. The van der Waals surface area contributed by atoms with Gasteiger partial charge in [-0.25, -0.2) is 0 Å². The quantitative estimate of drug-likeness (QED) is 0.311. The Kier molecular flexibility index (Phi) is 12.7. The molecule has 1 atom stereocenters. The minimum Gasteiger partial charge on any atom is -0.382 e. The van der Waals surface area contributed by atoms with E-state index in [4.69, 9.17) is 9.47 Å². The first-order valence-electron chi connectivity index (χ1n) is 9.99. The number of methoxy groups -OCH3 is 1. The highest BCUT2D eigenvalue weighted by molar-refractivity contribution is 5.80. The molecular weight excluding hydrogens is 316 g/mol. The van der Waals surface area contributed by atoms with Gasteiger partial charge in [-0.15, -0.1) is 0 Å². The zero-order valence-corrected chi connectivity index (χ0v) is 16.9. The van der Waals surface area contributed by atoms with Crippen LogP contribution >= 0.6 is 0 Å². The van der Waals surface area contributed by atoms with E-state index in [0.717, 1.165) is 38.6 Å². The zero-order chi connectivity index (χ0) is 18.3. The first-order chi connectivity index (χ1) is 12.2. The molecule has 0 aliphatic carbocycles. The van der Waals surface area contributed by atoms with Crippen molar-refractivity contribution in [3.8, 4) is 0 Å². The molecule has 1 N–H and O–H groups in total. The summed E-state index contributed by atoms with van der Waals surface area (Å²) in [6, 6.07) is 0. The fourth-order valence-corrected chi connectivity index (χ4v) is 3.36. The van der Waals surface area contributed by atoms with E-state index in [-0.39, 0.29) is 0 Å². The minimum atomic E-state index is 0.597. The molecule has 0 bridgehead atoms. The molecule has 0 aromatic rings. The van der Waals surface area contributed by atoms with Gasteiger partial charge in [0.1, 0.15) is 0 Å². The van der Waals surface area contributed by atoms with E-state index in [1.807, 2.05) is 7.05 Å². The molecule has 25 heavy (non-hydrogen) atoms. The van der Waals surface area contributed by atoms with E-state index in [1.54, 1.807) is 7.11 Å². The van der Waals surface area contributed by atoms with Crippen LogP contribution in [0.3, 0.4) is 0 Å². The van der Waals surface area contributed by atoms with Crippen molar-refractivity contribution in [2.45, 2.75) is 39.5 Å². The lowest BCUT2D eigenvalue weighted by Crippen LogP contribution is -2.41. The SMILES string of the molecule is CCCN(CCC)CCCNC(=NC)N1CCC(COCCOC)C1. The number of likely N-dealkylation sites (tertiary alicyclic amines) is 1. The largest absolute Gasteiger partial charge is 0.382 e. The molecule has 1 rings (SSSR count). The van der Waals surface area contributed by atoms with E-state index in [1.165, 1.54) is 38.9 Å². The van der Waals surface area contributed by atoms with E-state index >= 15 is 0 Å². The van der Waals surface area contributed by atoms with Gasteiger partial charge in [0.25, 0.3) is 0 Å². The van der Waals surface area contributed by atoms with E-state index in [2.05, 4.69) is 34.0 Å². The monoisotopic (exact) mass is 356 g/mol. The van der Waals surface area contributed by atoms with Crippen LogP contribution in [-0.4, -0.2) is 89.0 Å². The summed E-state index contributed by atoms with van der Waals surface area (Å²) < 4.78 is 10.7. The van der Waals surface area contributed by atoms with Crippen molar-refractivity contribution in [3.05, 3.63) is 0 Å². The smallest absolute Gasteiger partial charge is 0.193 e. The normalized spacial score (nSPS) is 18.4. The number of guanidine groups is 1. The molecule has 1 unspecified atom stereocenters. The molecule has 1 aliphatic heterocycles. The molecule has 1 heterocycles. The number of nitrogens with one attached hydrogen (secondary N) is 1. The Hall–Kier alpha value is -0.850. The van der Waals surface area contributed by atoms with Gasteiger partial charge >= 0.3 is 0 Å². The molecule has 0 radical (unpaired) electrons. The standard InChI is InChI=1S/C19H40N4O2/c1-5-10-22(11-6-2)12-7-9-21-19(20-3)23-13-8-18(16-23)17-25-15-14-24-4/h18H,5-17H2,1-4H3,(H,20,21). The van der Waals surface area contributed by atoms with Crippen molar-refractivity contribution in [2.75, 3.05) is 73.2 Å². The van der Waals surface area contributed by atoms with Gasteiger partial charge in [-0.3, -0.25) is 4.99 Å². The fraction of sp³-hybridized carbons (Fsp3) is 0.947. The molecule has 0 saturated carbocycles. The number of hydrogen-bond donors (Lipinski definition) is 1. The summed E-state index contributed by atoms with van der Waals surface area (Å²) >= 11 is 0. The third kappa shape index (κ3) is 9.42. The predicted molar refractivity (Wildman–Crippen MR) is 105 cm³/mol. The summed E-state index contributed by atoms with van der Waals surface area (Å²) in [7, 11) is 3.59. The molecule has 1 aliphatic rings. The minimum absolute atomic E-state index is 0.597. The van der Waals surface area contributed by atoms with Crippen molar-refractivity contribution >= 4 is 5.96 Å². The molecule has 0 amide bonds. The summed E-state index contributed by atoms with van der Waals surface area (Å²) in [5, 5.41) is 3.54. The molecular formula is C19H40N4O2. The van der Waals surface area contributed by atoms with Crippen LogP contribution in [0.2, 0.25) is 0 Å². The van der Waals surface area contributed by atoms with Crippen molar-refractivity contribution in [1.29, 1.82) is 0 Å². The van der Waals surface area contributed by atoms with Crippen LogP contribution in [0.25, 0.3) is 0 Å². The average Bonchev–Trinajstić information content (AvgIpc) is 3.08. The van der Waals surface area contributed by atoms with Crippen LogP contribution in [0, 0.1) is 5.92 Å². The van der Waals surface area contributed by atoms with Crippen LogP contribution in [0.15, 0.2) is 4.99 Å². The van der Waals surface area contributed by atoms with Crippen molar-refractivity contribution in [1.82, 2.24) is 15.1 Å². The van der Waals surface area contributed by atoms with Crippen LogP contribution in [-0.2, 0) is 9.47 Å². The Morgan fingerprint density at radius 2 is 1.96 bits per heavy atom. The molecule has 1 saturated heterocycles. The summed E-state index contributed by atoms with van der Waals surface area (Å²) in [4.78, 5) is 9.39. The lowest BCUT2D eigenvalue weighted by atomic mass is 10.1. The van der Waals surface area contributed by atoms with Crippen molar-refractivity contribution < 1.29 is 9.47 Å². The van der Waals surface area contributed by atoms with Crippen LogP contribution in [0.4, 0.5) is 0 Å². The maximum atomic E-state index is 5.67. The van der Waals surface area contributed by atoms with Crippen molar-refractivity contribution in [2.24, 2.45) is 10.9 Å². The second kappa shape index (κ2) is 14.3. The van der Waals surface area contributed by atoms with Gasteiger partial charge in [-0.05, 0) is 45.3 Å². The van der Waals surface area contributed by atoms with E-state index in [9.17, 15) is 0 Å². The Morgan fingerprint density at radius 3 is 2.60 bits per heavy atom. The van der Waals surface area contributed by atoms with Gasteiger partial charge in [-0.1, -0.05) is 13.8 Å². The first kappa shape index (κ1) is 22.2. The molecule has 0 spiro atoms. The van der Waals surface area contributed by atoms with Crippen LogP contribution < -0.4 is 5.32 Å². The molecule has 148 valence electrons. The first-order valence-corrected chi connectivity index (χ1v) is 9.99. The number of hydrogen-bond acceptors (Lipinski definition) is 4. The topological polar surface area (TPSA) is 49.3 Å². The maximum absolute atomic E-state index is 5.67. The maximum Gasteiger partial charge on any atom is 0.193 e. The Morgan fingerprint density at radius 1 is 1.20 bits per heavy atom. The molecule has 1 fully saturated rings. The highest BCUT2D eigenvalue weighted by Gasteiger charge is 2.24. The zero-order valence-electron chi connectivity index (χ0n) is 16.9. The van der Waals surface area contributed by atoms with Gasteiger partial charge in [0.2, 0.25) is 0 Å². The third-order valence-corrected chi connectivity index (χ3v) is 4.60. The summed E-state index contributed by atoms with van der Waals surface area (Å²) in [6.45, 7) is 13.4. The number of ether oxygens (including phenoxy) is 2. The molecule has 0 aromatic carbocycles. The molecule has 6 heteroatoms. The Balaban J connectivity index is 2.21. The summed E-state index contributed by atoms with van der Waals surface area (Å²) in [5.74, 6) is 1.64. The van der Waals surface area contributed by atoms with E-state index in [0.29, 0.717) is 19.1 Å². The molecule has 0 aromatic heterocycles. The second-order valence-electron chi connectivity index (χ2n) is 6.84. The van der Waals surface area contributed by atoms with Crippen LogP contribution in [0.5, 0.6) is 0 Å². The number of rotatable bonds is 13. The van der Waals surface area contributed by atoms with Gasteiger partial charge in [0, 0.05) is 39.7 Å². The summed E-state index contributed by atoms with van der Waals surface area (Å²) in [6.07, 6.45) is 4.80. The number of aliphatic imine (C=N–C) groups is 1. The van der Waals surface area contributed by atoms with Gasteiger partial charge in [0.05, 0.1) is 19.8 Å². The average molecular weight is 357 g/mol. The Bertz CT molecular complexity index is 346. The van der Waals surface area contributed by atoms with Gasteiger partial charge < -0.3 is 24.6 Å². The second-order valence-corrected chi connectivity index (χ2v) is 6.84. The third-order valence-electron chi connectivity index (χ3n) is 4.60. The van der Waals surface area contributed by atoms with Crippen LogP contribution in [0.1, 0.15) is 39.5 Å². The van der Waals surface area contributed by atoms with Crippen molar-refractivity contribution in [3.63, 3.8) is 0 Å². The molecule has 6 nitrogen and oxygen atoms in total. The van der Waals surface area contributed by atoms with E-state index < -0.39 is 0 Å². The highest BCUT2D eigenvalue weighted by Crippen LogP contribution is 2.16. The summed E-state index contributed by atoms with van der Waals surface area (Å²) in [5.41, 5.74) is 0. The van der Waals surface area contributed by atoms with Gasteiger partial charge in [-0.2, -0.15) is 0 Å². The highest BCUT2D eigenvalue weighted by atomic mass is 16.5. The lowest BCUT2D eigenvalue weighted by Gasteiger charge is -2.23. The predicted octanol–water partition coefficient (Wildman–Crippen LogP) is 2.06.